The van der Waals surface area contributed by atoms with Crippen LogP contribution in [0.5, 0.6) is 0 Å². The Kier molecular flexibility index (Phi) is 10.4. The van der Waals surface area contributed by atoms with E-state index in [-0.39, 0.29) is 59.1 Å². The average Bonchev–Trinajstić information content (AvgIpc) is 1.81. The second-order valence-electron chi connectivity index (χ2n) is 1.90. The second-order valence-corrected chi connectivity index (χ2v) is 5.73. The average molecular weight is 266 g/mol. The zero-order chi connectivity index (χ0) is 10.2. The first kappa shape index (κ1) is 21.5. The Morgan fingerprint density at radius 1 is 1.07 bits per heavy atom. The maximum absolute atomic E-state index is 11.6. The molecule has 0 aliphatic rings. The van der Waals surface area contributed by atoms with Crippen LogP contribution in [-0.2, 0) is 9.13 Å². The van der Waals surface area contributed by atoms with Crippen molar-refractivity contribution in [3.8, 4) is 0 Å². The second kappa shape index (κ2) is 6.81. The third-order valence-electron chi connectivity index (χ3n) is 1.06. The fourth-order valence-electron chi connectivity index (χ4n) is 0.296. The molecule has 74 valence electrons. The molecule has 0 aromatic heterocycles. The predicted molar refractivity (Wildman–Crippen MR) is 26.1 cm³/mol. The number of halogens is 1. The minimum absolute atomic E-state index is 0. The predicted octanol–water partition coefficient (Wildman–Crippen LogP) is -9.56. The van der Waals surface area contributed by atoms with E-state index in [9.17, 15) is 33.1 Å². The van der Waals surface area contributed by atoms with Crippen molar-refractivity contribution >= 4 is 15.2 Å². The molecule has 0 rings (SSSR count). The minimum atomic E-state index is -6.22. The molecule has 0 bridgehead atoms. The SMILES string of the molecule is O=P([O-])([O-])C(O)(CF)P(=O)([O-])[O-].[Na+].[Na+]. The van der Waals surface area contributed by atoms with Crippen molar-refractivity contribution in [2.24, 2.45) is 0 Å². The van der Waals surface area contributed by atoms with Gasteiger partial charge in [0.1, 0.15) is 11.8 Å². The summed E-state index contributed by atoms with van der Waals surface area (Å²) in [6, 6.07) is 0. The van der Waals surface area contributed by atoms with Crippen LogP contribution in [0.3, 0.4) is 0 Å². The van der Waals surface area contributed by atoms with Crippen LogP contribution in [0.15, 0.2) is 0 Å². The summed E-state index contributed by atoms with van der Waals surface area (Å²) < 4.78 is 31.5. The Balaban J connectivity index is -0.000000605. The molecule has 0 amide bonds. The molecule has 0 aliphatic carbocycles. The molecule has 7 nitrogen and oxygen atoms in total. The summed E-state index contributed by atoms with van der Waals surface area (Å²) in [4.78, 5) is 39.8. The zero-order valence-corrected chi connectivity index (χ0v) is 13.2. The first-order valence-corrected chi connectivity index (χ1v) is 5.47. The smallest absolute Gasteiger partial charge is 0.808 e. The molecule has 0 saturated carbocycles. The van der Waals surface area contributed by atoms with Gasteiger partial charge in [-0.15, -0.1) is 0 Å². The van der Waals surface area contributed by atoms with Gasteiger partial charge in [-0.25, -0.2) is 4.39 Å². The molecule has 0 saturated heterocycles. The summed E-state index contributed by atoms with van der Waals surface area (Å²) in [6.07, 6.45) is 0. The fourth-order valence-corrected chi connectivity index (χ4v) is 1.79. The van der Waals surface area contributed by atoms with Gasteiger partial charge in [-0.2, -0.15) is 0 Å². The van der Waals surface area contributed by atoms with Crippen LogP contribution in [-0.4, -0.2) is 16.9 Å². The van der Waals surface area contributed by atoms with Crippen molar-refractivity contribution in [2.45, 2.75) is 5.08 Å². The van der Waals surface area contributed by atoms with Crippen molar-refractivity contribution in [1.29, 1.82) is 0 Å². The molecular weight excluding hydrogens is 263 g/mol. The Morgan fingerprint density at radius 3 is 1.29 bits per heavy atom. The van der Waals surface area contributed by atoms with Crippen LogP contribution in [0.25, 0.3) is 0 Å². The number of hydrogen-bond donors (Lipinski definition) is 1. The molecule has 14 heavy (non-hydrogen) atoms. The van der Waals surface area contributed by atoms with Crippen LogP contribution in [0.2, 0.25) is 0 Å². The molecule has 0 aromatic carbocycles. The molecule has 0 atom stereocenters. The van der Waals surface area contributed by atoms with Gasteiger partial charge in [0.2, 0.25) is 0 Å². The van der Waals surface area contributed by atoms with E-state index < -0.39 is 26.9 Å². The van der Waals surface area contributed by atoms with Crippen molar-refractivity contribution < 1.29 is 97.3 Å². The van der Waals surface area contributed by atoms with Crippen molar-refractivity contribution in [1.82, 2.24) is 0 Å². The van der Waals surface area contributed by atoms with E-state index in [2.05, 4.69) is 0 Å². The summed E-state index contributed by atoms with van der Waals surface area (Å²) in [5, 5.41) is 3.98. The van der Waals surface area contributed by atoms with Crippen molar-refractivity contribution in [2.75, 3.05) is 6.67 Å². The molecule has 0 radical (unpaired) electrons. The molecule has 0 spiro atoms. The molecular formula is C2H3FNa2O7P2-2. The molecule has 0 heterocycles. The van der Waals surface area contributed by atoms with Crippen molar-refractivity contribution in [3.05, 3.63) is 0 Å². The number of hydrogen-bond acceptors (Lipinski definition) is 7. The van der Waals surface area contributed by atoms with E-state index in [1.165, 1.54) is 0 Å². The van der Waals surface area contributed by atoms with Gasteiger partial charge in [0.05, 0.1) is 0 Å². The van der Waals surface area contributed by atoms with Gasteiger partial charge in [0, 0.05) is 0 Å². The van der Waals surface area contributed by atoms with Gasteiger partial charge in [-0.05, 0) is 15.2 Å². The van der Waals surface area contributed by atoms with Gasteiger partial charge in [0.15, 0.2) is 0 Å². The van der Waals surface area contributed by atoms with Crippen LogP contribution < -0.4 is 78.7 Å². The molecule has 0 unspecified atom stereocenters. The third-order valence-corrected chi connectivity index (χ3v) is 4.52. The molecule has 12 heteroatoms. The van der Waals surface area contributed by atoms with E-state index in [0.29, 0.717) is 0 Å². The number of aliphatic hydroxyl groups is 1. The standard InChI is InChI=1S/C2H7FO7P2.2Na/c3-1-2(4,11(5,6)7)12(8,9)10;;/h4H,1H2,(H2,5,6,7)(H2,8,9,10);;/q;2*+1/p-4. The van der Waals surface area contributed by atoms with Gasteiger partial charge in [0.25, 0.3) is 0 Å². The summed E-state index contributed by atoms with van der Waals surface area (Å²) in [7, 11) is -12.4. The van der Waals surface area contributed by atoms with E-state index >= 15 is 0 Å². The Morgan fingerprint density at radius 2 is 1.29 bits per heavy atom. The first-order chi connectivity index (χ1) is 5.06. The van der Waals surface area contributed by atoms with Crippen molar-refractivity contribution in [3.63, 3.8) is 0 Å². The summed E-state index contributed by atoms with van der Waals surface area (Å²) in [5.74, 6) is 0. The molecule has 0 aliphatic heterocycles. The topological polar surface area (TPSA) is 147 Å². The van der Waals surface area contributed by atoms with E-state index in [1.807, 2.05) is 0 Å². The van der Waals surface area contributed by atoms with Crippen LogP contribution >= 0.6 is 15.2 Å². The quantitative estimate of drug-likeness (QED) is 0.394. The van der Waals surface area contributed by atoms with Crippen LogP contribution in [0.4, 0.5) is 4.39 Å². The summed E-state index contributed by atoms with van der Waals surface area (Å²) >= 11 is 0. The van der Waals surface area contributed by atoms with Gasteiger partial charge in [-0.3, -0.25) is 0 Å². The third kappa shape index (κ3) is 4.59. The maximum Gasteiger partial charge on any atom is 1.00 e. The molecule has 1 N–H and O–H groups in total. The van der Waals surface area contributed by atoms with Crippen LogP contribution in [0.1, 0.15) is 0 Å². The van der Waals surface area contributed by atoms with E-state index in [1.54, 1.807) is 0 Å². The van der Waals surface area contributed by atoms with E-state index in [4.69, 9.17) is 5.11 Å². The Bertz CT molecular complexity index is 236. The normalized spacial score (nSPS) is 12.7. The van der Waals surface area contributed by atoms with Gasteiger partial charge < -0.3 is 33.8 Å². The fraction of sp³-hybridized carbons (Fsp3) is 1.00. The molecule has 0 aromatic rings. The van der Waals surface area contributed by atoms with E-state index in [0.717, 1.165) is 0 Å². The first-order valence-electron chi connectivity index (χ1n) is 2.39. The molecule has 0 fully saturated rings. The van der Waals surface area contributed by atoms with Gasteiger partial charge >= 0.3 is 59.1 Å². The Hall–Kier alpha value is 2.19. The monoisotopic (exact) mass is 266 g/mol. The number of rotatable bonds is 3. The van der Waals surface area contributed by atoms with Gasteiger partial charge in [-0.1, -0.05) is 0 Å². The zero-order valence-electron chi connectivity index (χ0n) is 7.38. The maximum atomic E-state index is 11.6. The largest absolute Gasteiger partial charge is 1.00 e. The van der Waals surface area contributed by atoms with Crippen LogP contribution in [0, 0.1) is 0 Å². The number of alkyl halides is 1. The summed E-state index contributed by atoms with van der Waals surface area (Å²) in [6.45, 7) is -2.47. The Labute approximate surface area is 123 Å². The minimum Gasteiger partial charge on any atom is -0.808 e. The summed E-state index contributed by atoms with van der Waals surface area (Å²) in [5.41, 5.74) is 0.